The molecular formula is C22H23BrN4O2S. The number of likely N-dealkylation sites (N-methyl/N-ethyl adjacent to an activating group) is 1. The number of amides is 2. The van der Waals surface area contributed by atoms with Crippen LogP contribution in [0.4, 0.5) is 10.8 Å². The van der Waals surface area contributed by atoms with Crippen LogP contribution in [0.2, 0.25) is 0 Å². The van der Waals surface area contributed by atoms with Gasteiger partial charge in [0.05, 0.1) is 16.1 Å². The number of fused-ring (bicyclic) bond motifs is 1. The van der Waals surface area contributed by atoms with Gasteiger partial charge in [-0.05, 0) is 44.4 Å². The van der Waals surface area contributed by atoms with Gasteiger partial charge in [0.2, 0.25) is 11.8 Å². The van der Waals surface area contributed by atoms with E-state index < -0.39 is 0 Å². The molecule has 1 atom stereocenters. The molecule has 0 N–H and O–H groups in total. The van der Waals surface area contributed by atoms with Crippen molar-refractivity contribution in [3.8, 4) is 0 Å². The van der Waals surface area contributed by atoms with E-state index in [1.165, 1.54) is 11.3 Å². The quantitative estimate of drug-likeness (QED) is 0.528. The van der Waals surface area contributed by atoms with Gasteiger partial charge in [0.25, 0.3) is 0 Å². The fourth-order valence-corrected chi connectivity index (χ4v) is 5.10. The molecule has 8 heteroatoms. The number of hydrogen-bond donors (Lipinski definition) is 0. The first-order chi connectivity index (χ1) is 14.4. The lowest BCUT2D eigenvalue weighted by Gasteiger charge is -2.24. The van der Waals surface area contributed by atoms with Crippen molar-refractivity contribution >= 4 is 60.1 Å². The molecule has 0 spiro atoms. The molecule has 2 aromatic carbocycles. The van der Waals surface area contributed by atoms with E-state index in [1.807, 2.05) is 67.5 Å². The van der Waals surface area contributed by atoms with Crippen molar-refractivity contribution in [3.63, 3.8) is 0 Å². The summed E-state index contributed by atoms with van der Waals surface area (Å²) in [6, 6.07) is 15.4. The second-order valence-corrected chi connectivity index (χ2v) is 9.57. The second kappa shape index (κ2) is 8.83. The highest BCUT2D eigenvalue weighted by atomic mass is 79.9. The number of aromatic nitrogens is 1. The zero-order chi connectivity index (χ0) is 21.3. The molecule has 1 fully saturated rings. The molecule has 2 heterocycles. The summed E-state index contributed by atoms with van der Waals surface area (Å²) in [5, 5.41) is 0.681. The van der Waals surface area contributed by atoms with Crippen LogP contribution in [0.3, 0.4) is 0 Å². The van der Waals surface area contributed by atoms with Gasteiger partial charge in [-0.25, -0.2) is 4.98 Å². The lowest BCUT2D eigenvalue weighted by molar-refractivity contribution is -0.124. The Morgan fingerprint density at radius 3 is 2.70 bits per heavy atom. The molecule has 0 bridgehead atoms. The van der Waals surface area contributed by atoms with Crippen LogP contribution in [-0.2, 0) is 9.59 Å². The Morgan fingerprint density at radius 2 is 1.97 bits per heavy atom. The van der Waals surface area contributed by atoms with Crippen LogP contribution in [0.25, 0.3) is 10.2 Å². The largest absolute Gasteiger partial charge is 0.312 e. The molecule has 4 rings (SSSR count). The number of para-hydroxylation sites is 1. The molecule has 0 aliphatic carbocycles. The molecule has 1 aliphatic heterocycles. The minimum atomic E-state index is -0.376. The highest BCUT2D eigenvalue weighted by Crippen LogP contribution is 2.33. The van der Waals surface area contributed by atoms with Crippen LogP contribution in [0.1, 0.15) is 6.42 Å². The van der Waals surface area contributed by atoms with Gasteiger partial charge in [-0.1, -0.05) is 45.5 Å². The minimum Gasteiger partial charge on any atom is -0.312 e. The summed E-state index contributed by atoms with van der Waals surface area (Å²) in [6.45, 7) is 1.65. The summed E-state index contributed by atoms with van der Waals surface area (Å²) in [7, 11) is 3.96. The van der Waals surface area contributed by atoms with Crippen LogP contribution in [-0.4, -0.2) is 55.4 Å². The molecule has 6 nitrogen and oxygen atoms in total. The number of halogens is 1. The van der Waals surface area contributed by atoms with Crippen molar-refractivity contribution in [2.24, 2.45) is 5.92 Å². The Kier molecular flexibility index (Phi) is 6.17. The third-order valence-electron chi connectivity index (χ3n) is 5.15. The van der Waals surface area contributed by atoms with Crippen LogP contribution in [0.15, 0.2) is 53.0 Å². The molecule has 2 amide bonds. The summed E-state index contributed by atoms with van der Waals surface area (Å²) in [5.41, 5.74) is 1.71. The molecule has 1 saturated heterocycles. The van der Waals surface area contributed by atoms with Gasteiger partial charge in [-0.15, -0.1) is 0 Å². The van der Waals surface area contributed by atoms with E-state index in [1.54, 1.807) is 9.80 Å². The van der Waals surface area contributed by atoms with Crippen molar-refractivity contribution in [1.82, 2.24) is 9.88 Å². The molecule has 1 aromatic heterocycles. The Hall–Kier alpha value is -2.29. The van der Waals surface area contributed by atoms with E-state index in [0.29, 0.717) is 24.8 Å². The number of nitrogens with zero attached hydrogens (tertiary/aromatic N) is 4. The second-order valence-electron chi connectivity index (χ2n) is 7.64. The third kappa shape index (κ3) is 4.40. The number of carbonyl (C=O) groups is 2. The lowest BCUT2D eigenvalue weighted by Crippen LogP contribution is -2.41. The number of anilines is 2. The first-order valence-electron chi connectivity index (χ1n) is 9.80. The van der Waals surface area contributed by atoms with Gasteiger partial charge in [-0.3, -0.25) is 14.5 Å². The van der Waals surface area contributed by atoms with E-state index in [2.05, 4.69) is 15.9 Å². The topological polar surface area (TPSA) is 56.8 Å². The van der Waals surface area contributed by atoms with Crippen LogP contribution in [0, 0.1) is 5.92 Å². The molecule has 1 aliphatic rings. The SMILES string of the molecule is CN(C)CCN(C(=O)C1CC(=O)N(c2ccccc2)C1)c1nc2ccc(Br)cc2s1. The fourth-order valence-electron chi connectivity index (χ4n) is 3.55. The van der Waals surface area contributed by atoms with Crippen LogP contribution < -0.4 is 9.80 Å². The van der Waals surface area contributed by atoms with Crippen molar-refractivity contribution in [3.05, 3.63) is 53.0 Å². The average Bonchev–Trinajstić information content (AvgIpc) is 3.31. The first kappa shape index (κ1) is 21.0. The van der Waals surface area contributed by atoms with Crippen molar-refractivity contribution in [1.29, 1.82) is 0 Å². The summed E-state index contributed by atoms with van der Waals surface area (Å²) in [5.74, 6) is -0.430. The number of benzene rings is 2. The van der Waals surface area contributed by atoms with Gasteiger partial charge in [-0.2, -0.15) is 0 Å². The van der Waals surface area contributed by atoms with Gasteiger partial charge in [0, 0.05) is 36.2 Å². The van der Waals surface area contributed by atoms with Gasteiger partial charge >= 0.3 is 0 Å². The van der Waals surface area contributed by atoms with Crippen molar-refractivity contribution in [2.75, 3.05) is 43.5 Å². The van der Waals surface area contributed by atoms with Crippen molar-refractivity contribution in [2.45, 2.75) is 6.42 Å². The summed E-state index contributed by atoms with van der Waals surface area (Å²) >= 11 is 5.00. The van der Waals surface area contributed by atoms with Gasteiger partial charge in [0.15, 0.2) is 5.13 Å². The predicted molar refractivity (Wildman–Crippen MR) is 125 cm³/mol. The standard InChI is InChI=1S/C22H23BrN4O2S/c1-25(2)10-11-26(22-24-18-9-8-16(23)13-19(18)30-22)21(29)15-12-20(28)27(14-15)17-6-4-3-5-7-17/h3-9,13,15H,10-12,14H2,1-2H3. The van der Waals surface area contributed by atoms with Gasteiger partial charge < -0.3 is 9.80 Å². The zero-order valence-corrected chi connectivity index (χ0v) is 19.3. The van der Waals surface area contributed by atoms with Crippen LogP contribution >= 0.6 is 27.3 Å². The Bertz CT molecular complexity index is 1070. The predicted octanol–water partition coefficient (Wildman–Crippen LogP) is 4.01. The average molecular weight is 487 g/mol. The molecule has 156 valence electrons. The molecule has 30 heavy (non-hydrogen) atoms. The highest BCUT2D eigenvalue weighted by Gasteiger charge is 2.38. The normalized spacial score (nSPS) is 16.6. The van der Waals surface area contributed by atoms with E-state index in [4.69, 9.17) is 4.98 Å². The molecule has 0 saturated carbocycles. The van der Waals surface area contributed by atoms with Gasteiger partial charge in [0.1, 0.15) is 0 Å². The summed E-state index contributed by atoms with van der Waals surface area (Å²) in [4.78, 5) is 36.3. The van der Waals surface area contributed by atoms with E-state index in [-0.39, 0.29) is 24.2 Å². The maximum Gasteiger partial charge on any atom is 0.234 e. The highest BCUT2D eigenvalue weighted by molar-refractivity contribution is 9.10. The van der Waals surface area contributed by atoms with Crippen molar-refractivity contribution < 1.29 is 9.59 Å². The van der Waals surface area contributed by atoms with E-state index in [9.17, 15) is 9.59 Å². The maximum atomic E-state index is 13.5. The summed E-state index contributed by atoms with van der Waals surface area (Å²) < 4.78 is 2.01. The zero-order valence-electron chi connectivity index (χ0n) is 16.9. The minimum absolute atomic E-state index is 0.0136. The first-order valence-corrected chi connectivity index (χ1v) is 11.4. The smallest absolute Gasteiger partial charge is 0.234 e. The Labute approximate surface area is 188 Å². The number of rotatable bonds is 6. The fraction of sp³-hybridized carbons (Fsp3) is 0.318. The Balaban J connectivity index is 1.60. The third-order valence-corrected chi connectivity index (χ3v) is 6.68. The number of carbonyl (C=O) groups excluding carboxylic acids is 2. The molecule has 1 unspecified atom stereocenters. The Morgan fingerprint density at radius 1 is 1.20 bits per heavy atom. The van der Waals surface area contributed by atoms with E-state index >= 15 is 0 Å². The molecule has 0 radical (unpaired) electrons. The number of thiazole rings is 1. The number of hydrogen-bond acceptors (Lipinski definition) is 5. The van der Waals surface area contributed by atoms with E-state index in [0.717, 1.165) is 20.4 Å². The molecule has 3 aromatic rings. The summed E-state index contributed by atoms with van der Waals surface area (Å²) in [6.07, 6.45) is 0.225. The monoisotopic (exact) mass is 486 g/mol. The van der Waals surface area contributed by atoms with Crippen LogP contribution in [0.5, 0.6) is 0 Å². The molecular weight excluding hydrogens is 464 g/mol. The lowest BCUT2D eigenvalue weighted by atomic mass is 10.1. The maximum absolute atomic E-state index is 13.5.